The Kier molecular flexibility index (Phi) is 5.38. The van der Waals surface area contributed by atoms with Gasteiger partial charge in [0.15, 0.2) is 6.10 Å². The van der Waals surface area contributed by atoms with Crippen LogP contribution in [-0.4, -0.2) is 18.0 Å². The third-order valence-corrected chi connectivity index (χ3v) is 3.94. The maximum atomic E-state index is 12.0. The molecule has 0 aliphatic heterocycles. The van der Waals surface area contributed by atoms with Crippen molar-refractivity contribution in [1.29, 1.82) is 0 Å². The summed E-state index contributed by atoms with van der Waals surface area (Å²) in [6.45, 7) is 3.47. The smallest absolute Gasteiger partial charge is 0.336 e. The number of aryl methyl sites for hydroxylation is 2. The lowest BCUT2D eigenvalue weighted by molar-refractivity contribution is -0.135. The Morgan fingerprint density at radius 1 is 1.18 bits per heavy atom. The Balaban J connectivity index is 1.95. The summed E-state index contributed by atoms with van der Waals surface area (Å²) in [6.07, 6.45) is 3.90. The molecule has 0 aromatic heterocycles. The van der Waals surface area contributed by atoms with E-state index >= 15 is 0 Å². The van der Waals surface area contributed by atoms with E-state index in [4.69, 9.17) is 10.6 Å². The summed E-state index contributed by atoms with van der Waals surface area (Å²) in [5, 5.41) is 2.87. The van der Waals surface area contributed by atoms with E-state index in [1.807, 2.05) is 12.4 Å². The molecule has 2 rings (SSSR count). The van der Waals surface area contributed by atoms with Gasteiger partial charge in [-0.3, -0.25) is 9.63 Å². The number of hydrogen-bond acceptors (Lipinski definition) is 3. The number of carbonyl (C=O) groups is 2. The quantitative estimate of drug-likeness (QED) is 0.723. The molecule has 6 nitrogen and oxygen atoms in total. The highest BCUT2D eigenvalue weighted by Crippen LogP contribution is 2.24. The minimum absolute atomic E-state index is 0.126. The fraction of sp³-hybridized carbons (Fsp3) is 0.500. The molecule has 0 fully saturated rings. The van der Waals surface area contributed by atoms with Gasteiger partial charge in [-0.25, -0.2) is 10.3 Å². The third-order valence-electron chi connectivity index (χ3n) is 3.94. The number of benzene rings is 1. The Hall–Kier alpha value is -2.08. The van der Waals surface area contributed by atoms with E-state index in [-0.39, 0.29) is 11.9 Å². The number of amides is 3. The van der Waals surface area contributed by atoms with E-state index in [1.54, 1.807) is 6.92 Å². The lowest BCUT2D eigenvalue weighted by Crippen LogP contribution is -2.41. The molecular weight excluding hydrogens is 282 g/mol. The van der Waals surface area contributed by atoms with Gasteiger partial charge in [0.1, 0.15) is 0 Å². The van der Waals surface area contributed by atoms with Crippen LogP contribution in [0.2, 0.25) is 0 Å². The fourth-order valence-electron chi connectivity index (χ4n) is 2.64. The average molecular weight is 305 g/mol. The number of fused-ring (bicyclic) bond motifs is 1. The van der Waals surface area contributed by atoms with Gasteiger partial charge in [-0.1, -0.05) is 18.2 Å². The molecule has 1 aromatic carbocycles. The van der Waals surface area contributed by atoms with Gasteiger partial charge in [0, 0.05) is 0 Å². The predicted molar refractivity (Wildman–Crippen MR) is 82.9 cm³/mol. The van der Waals surface area contributed by atoms with Crippen molar-refractivity contribution in [3.05, 3.63) is 34.9 Å². The van der Waals surface area contributed by atoms with Crippen molar-refractivity contribution >= 4 is 11.9 Å². The molecule has 1 aliphatic rings. The average Bonchev–Trinajstić information content (AvgIpc) is 2.51. The molecule has 0 unspecified atom stereocenters. The number of nitrogens with one attached hydrogen (secondary N) is 2. The maximum absolute atomic E-state index is 12.0. The number of urea groups is 1. The zero-order chi connectivity index (χ0) is 16.1. The summed E-state index contributed by atoms with van der Waals surface area (Å²) in [5.41, 5.74) is 10.7. The molecule has 0 bridgehead atoms. The zero-order valence-electron chi connectivity index (χ0n) is 13.0. The van der Waals surface area contributed by atoms with Gasteiger partial charge in [-0.15, -0.1) is 0 Å². The van der Waals surface area contributed by atoms with E-state index in [9.17, 15) is 9.59 Å². The maximum Gasteiger partial charge on any atom is 0.336 e. The zero-order valence-corrected chi connectivity index (χ0v) is 13.0. The molecule has 0 radical (unpaired) electrons. The fourth-order valence-corrected chi connectivity index (χ4v) is 2.64. The van der Waals surface area contributed by atoms with Crippen LogP contribution in [0.4, 0.5) is 4.79 Å². The monoisotopic (exact) mass is 305 g/mol. The Labute approximate surface area is 130 Å². The van der Waals surface area contributed by atoms with Crippen LogP contribution in [0, 0.1) is 0 Å². The summed E-state index contributed by atoms with van der Waals surface area (Å²) >= 11 is 0. The van der Waals surface area contributed by atoms with E-state index < -0.39 is 12.1 Å². The van der Waals surface area contributed by atoms with Gasteiger partial charge >= 0.3 is 6.03 Å². The van der Waals surface area contributed by atoms with E-state index in [0.29, 0.717) is 0 Å². The number of hydrogen-bond donors (Lipinski definition) is 3. The van der Waals surface area contributed by atoms with E-state index in [1.165, 1.54) is 24.0 Å². The number of hydroxylamine groups is 1. The summed E-state index contributed by atoms with van der Waals surface area (Å²) in [5.74, 6) is -0.307. The summed E-state index contributed by atoms with van der Waals surface area (Å²) < 4.78 is 0. The van der Waals surface area contributed by atoms with Crippen LogP contribution in [0.1, 0.15) is 49.4 Å². The summed E-state index contributed by atoms with van der Waals surface area (Å²) in [7, 11) is 0. The molecule has 6 heteroatoms. The number of primary amides is 1. The van der Waals surface area contributed by atoms with Gasteiger partial charge in [-0.05, 0) is 56.2 Å². The minimum atomic E-state index is -0.831. The van der Waals surface area contributed by atoms with Crippen molar-refractivity contribution in [3.63, 3.8) is 0 Å². The molecule has 3 amide bonds. The van der Waals surface area contributed by atoms with Crippen molar-refractivity contribution in [2.45, 2.75) is 51.7 Å². The van der Waals surface area contributed by atoms with Crippen LogP contribution >= 0.6 is 0 Å². The number of carbonyl (C=O) groups excluding carboxylic acids is 2. The van der Waals surface area contributed by atoms with Crippen LogP contribution in [0.5, 0.6) is 0 Å². The van der Waals surface area contributed by atoms with Crippen molar-refractivity contribution in [2.75, 3.05) is 0 Å². The highest BCUT2D eigenvalue weighted by molar-refractivity contribution is 5.81. The van der Waals surface area contributed by atoms with Crippen LogP contribution in [0.3, 0.4) is 0 Å². The topological polar surface area (TPSA) is 93.4 Å². The second kappa shape index (κ2) is 7.26. The first-order chi connectivity index (χ1) is 10.5. The molecule has 120 valence electrons. The van der Waals surface area contributed by atoms with Crippen molar-refractivity contribution < 1.29 is 14.4 Å². The molecule has 0 saturated carbocycles. The molecular formula is C16H23N3O3. The number of rotatable bonds is 5. The van der Waals surface area contributed by atoms with Gasteiger partial charge in [-0.2, -0.15) is 0 Å². The molecule has 0 saturated heterocycles. The highest BCUT2D eigenvalue weighted by Gasteiger charge is 2.18. The molecule has 0 heterocycles. The summed E-state index contributed by atoms with van der Waals surface area (Å²) in [4.78, 5) is 27.4. The highest BCUT2D eigenvalue weighted by atomic mass is 16.7. The lowest BCUT2D eigenvalue weighted by atomic mass is 9.89. The normalized spacial score (nSPS) is 16.3. The largest absolute Gasteiger partial charge is 0.350 e. The Morgan fingerprint density at radius 2 is 1.86 bits per heavy atom. The van der Waals surface area contributed by atoms with Crippen molar-refractivity contribution in [3.8, 4) is 0 Å². The van der Waals surface area contributed by atoms with Gasteiger partial charge < -0.3 is 11.1 Å². The third kappa shape index (κ3) is 4.21. The molecule has 22 heavy (non-hydrogen) atoms. The number of nitrogens with two attached hydrogens (primary N) is 1. The Morgan fingerprint density at radius 3 is 2.55 bits per heavy atom. The molecule has 4 N–H and O–H groups in total. The van der Waals surface area contributed by atoms with Crippen LogP contribution in [-0.2, 0) is 22.5 Å². The van der Waals surface area contributed by atoms with Crippen LogP contribution in [0.25, 0.3) is 0 Å². The first kappa shape index (κ1) is 16.3. The SMILES string of the molecule is C[C@@H](ONC(N)=O)C(=O)N[C@H](C)c1ccc2c(c1)CCCC2. The first-order valence-electron chi connectivity index (χ1n) is 7.60. The molecule has 1 aromatic rings. The second-order valence-corrected chi connectivity index (χ2v) is 5.69. The molecule has 1 aliphatic carbocycles. The predicted octanol–water partition coefficient (Wildman–Crippen LogP) is 1.73. The van der Waals surface area contributed by atoms with E-state index in [2.05, 4.69) is 23.5 Å². The van der Waals surface area contributed by atoms with Crippen LogP contribution in [0.15, 0.2) is 18.2 Å². The van der Waals surface area contributed by atoms with Gasteiger partial charge in [0.25, 0.3) is 5.91 Å². The Bertz CT molecular complexity index is 560. The van der Waals surface area contributed by atoms with Crippen LogP contribution < -0.4 is 16.5 Å². The van der Waals surface area contributed by atoms with E-state index in [0.717, 1.165) is 18.4 Å². The van der Waals surface area contributed by atoms with Gasteiger partial charge in [0.2, 0.25) is 0 Å². The second-order valence-electron chi connectivity index (χ2n) is 5.69. The lowest BCUT2D eigenvalue weighted by Gasteiger charge is -2.21. The standard InChI is InChI=1S/C16H23N3O3/c1-10(18-15(20)11(2)22-19-16(17)21)13-8-7-12-5-3-4-6-14(12)9-13/h7-11H,3-6H2,1-2H3,(H,18,20)(H3,17,19,21)/t10-,11-/m1/s1. The van der Waals surface area contributed by atoms with Crippen molar-refractivity contribution in [1.82, 2.24) is 10.8 Å². The van der Waals surface area contributed by atoms with Crippen molar-refractivity contribution in [2.24, 2.45) is 5.73 Å². The summed E-state index contributed by atoms with van der Waals surface area (Å²) in [6, 6.07) is 5.43. The van der Waals surface area contributed by atoms with Gasteiger partial charge in [0.05, 0.1) is 6.04 Å². The first-order valence-corrected chi connectivity index (χ1v) is 7.60. The molecule has 0 spiro atoms. The molecule has 2 atom stereocenters. The minimum Gasteiger partial charge on any atom is -0.350 e.